The van der Waals surface area contributed by atoms with Gasteiger partial charge in [-0.25, -0.2) is 0 Å². The van der Waals surface area contributed by atoms with E-state index in [0.29, 0.717) is 6.54 Å². The van der Waals surface area contributed by atoms with E-state index in [9.17, 15) is 5.11 Å². The Morgan fingerprint density at radius 3 is 2.75 bits per heavy atom. The number of nitrogens with one attached hydrogen (secondary N) is 1. The molecule has 1 aromatic rings. The number of piperazine rings is 1. The van der Waals surface area contributed by atoms with Gasteiger partial charge in [-0.15, -0.1) is 0 Å². The van der Waals surface area contributed by atoms with E-state index in [1.54, 1.807) is 0 Å². The van der Waals surface area contributed by atoms with Crippen molar-refractivity contribution in [2.24, 2.45) is 0 Å². The number of aliphatic hydroxyl groups is 1. The second-order valence-corrected chi connectivity index (χ2v) is 6.24. The van der Waals surface area contributed by atoms with E-state index < -0.39 is 5.60 Å². The maximum absolute atomic E-state index is 10.6. The molecule has 4 nitrogen and oxygen atoms in total. The topological polar surface area (TPSA) is 38.7 Å². The standard InChI is InChI=1S/C16H25N3O/c1-18-7-9-19(10-8-18)12-14-3-2-4-15(11-14)16(20)5-6-17-13-16/h2-4,11,17,20H,5-10,12-13H2,1H3. The Morgan fingerprint density at radius 1 is 1.25 bits per heavy atom. The molecule has 4 heteroatoms. The summed E-state index contributed by atoms with van der Waals surface area (Å²) in [6.45, 7) is 7.12. The molecule has 0 spiro atoms. The number of likely N-dealkylation sites (N-methyl/N-ethyl adjacent to an activating group) is 1. The second-order valence-electron chi connectivity index (χ2n) is 6.24. The van der Waals surface area contributed by atoms with Crippen LogP contribution in [0.15, 0.2) is 24.3 Å². The molecule has 3 rings (SSSR count). The van der Waals surface area contributed by atoms with Crippen molar-refractivity contribution in [2.45, 2.75) is 18.6 Å². The number of β-amino-alcohol motifs (C(OH)–C–C–N with tert-alkyl or cyclic N) is 1. The van der Waals surface area contributed by atoms with Gasteiger partial charge in [-0.1, -0.05) is 24.3 Å². The molecule has 1 atom stereocenters. The first-order valence-electron chi connectivity index (χ1n) is 7.59. The lowest BCUT2D eigenvalue weighted by atomic mass is 9.92. The van der Waals surface area contributed by atoms with Crippen molar-refractivity contribution >= 4 is 0 Å². The molecule has 2 fully saturated rings. The van der Waals surface area contributed by atoms with Gasteiger partial charge in [0.1, 0.15) is 5.60 Å². The van der Waals surface area contributed by atoms with Crippen molar-refractivity contribution in [3.05, 3.63) is 35.4 Å². The highest BCUT2D eigenvalue weighted by atomic mass is 16.3. The van der Waals surface area contributed by atoms with E-state index in [2.05, 4.69) is 46.4 Å². The maximum Gasteiger partial charge on any atom is 0.103 e. The Morgan fingerprint density at radius 2 is 2.05 bits per heavy atom. The minimum atomic E-state index is -0.669. The summed E-state index contributed by atoms with van der Waals surface area (Å²) < 4.78 is 0. The van der Waals surface area contributed by atoms with Gasteiger partial charge in [0.25, 0.3) is 0 Å². The van der Waals surface area contributed by atoms with Gasteiger partial charge < -0.3 is 15.3 Å². The summed E-state index contributed by atoms with van der Waals surface area (Å²) in [5.41, 5.74) is 1.71. The van der Waals surface area contributed by atoms with Gasteiger partial charge in [0, 0.05) is 39.3 Å². The van der Waals surface area contributed by atoms with Crippen molar-refractivity contribution in [2.75, 3.05) is 46.3 Å². The molecule has 1 aromatic carbocycles. The molecule has 0 aliphatic carbocycles. The van der Waals surface area contributed by atoms with E-state index in [-0.39, 0.29) is 0 Å². The van der Waals surface area contributed by atoms with Crippen molar-refractivity contribution in [1.29, 1.82) is 0 Å². The summed E-state index contributed by atoms with van der Waals surface area (Å²) in [5.74, 6) is 0. The van der Waals surface area contributed by atoms with Gasteiger partial charge in [0.2, 0.25) is 0 Å². The molecule has 20 heavy (non-hydrogen) atoms. The predicted octanol–water partition coefficient (Wildman–Crippen LogP) is 0.615. The van der Waals surface area contributed by atoms with Gasteiger partial charge in [0.05, 0.1) is 0 Å². The molecule has 2 aliphatic rings. The van der Waals surface area contributed by atoms with Crippen LogP contribution in [0.4, 0.5) is 0 Å². The highest BCUT2D eigenvalue weighted by Gasteiger charge is 2.32. The minimum Gasteiger partial charge on any atom is -0.384 e. The van der Waals surface area contributed by atoms with Gasteiger partial charge in [-0.2, -0.15) is 0 Å². The average molecular weight is 275 g/mol. The number of hydrogen-bond donors (Lipinski definition) is 2. The van der Waals surface area contributed by atoms with Crippen LogP contribution in [0, 0.1) is 0 Å². The van der Waals surface area contributed by atoms with Crippen LogP contribution in [0.25, 0.3) is 0 Å². The van der Waals surface area contributed by atoms with Crippen LogP contribution in [0.1, 0.15) is 17.5 Å². The normalized spacial score (nSPS) is 28.9. The summed E-state index contributed by atoms with van der Waals surface area (Å²) >= 11 is 0. The Kier molecular flexibility index (Phi) is 4.08. The first kappa shape index (κ1) is 14.0. The molecule has 110 valence electrons. The largest absolute Gasteiger partial charge is 0.384 e. The van der Waals surface area contributed by atoms with Crippen LogP contribution in [0.2, 0.25) is 0 Å². The highest BCUT2D eigenvalue weighted by Crippen LogP contribution is 2.28. The zero-order valence-electron chi connectivity index (χ0n) is 12.3. The van der Waals surface area contributed by atoms with E-state index in [0.717, 1.165) is 51.3 Å². The van der Waals surface area contributed by atoms with Crippen molar-refractivity contribution in [1.82, 2.24) is 15.1 Å². The van der Waals surface area contributed by atoms with E-state index >= 15 is 0 Å². The summed E-state index contributed by atoms with van der Waals surface area (Å²) in [5, 5.41) is 13.9. The molecule has 2 saturated heterocycles. The number of benzene rings is 1. The lowest BCUT2D eigenvalue weighted by molar-refractivity contribution is 0.0585. The molecule has 0 amide bonds. The third-order valence-electron chi connectivity index (χ3n) is 4.60. The van der Waals surface area contributed by atoms with E-state index in [4.69, 9.17) is 0 Å². The van der Waals surface area contributed by atoms with Crippen LogP contribution >= 0.6 is 0 Å². The quantitative estimate of drug-likeness (QED) is 0.848. The molecule has 2 heterocycles. The van der Waals surface area contributed by atoms with E-state index in [1.807, 2.05) is 0 Å². The lowest BCUT2D eigenvalue weighted by Gasteiger charge is -2.32. The van der Waals surface area contributed by atoms with Crippen LogP contribution in [-0.2, 0) is 12.1 Å². The maximum atomic E-state index is 10.6. The predicted molar refractivity (Wildman–Crippen MR) is 80.6 cm³/mol. The fourth-order valence-corrected chi connectivity index (χ4v) is 3.15. The van der Waals surface area contributed by atoms with Crippen molar-refractivity contribution in [3.8, 4) is 0 Å². The van der Waals surface area contributed by atoms with Crippen LogP contribution < -0.4 is 5.32 Å². The number of hydrogen-bond acceptors (Lipinski definition) is 4. The second kappa shape index (κ2) is 5.82. The molecule has 0 saturated carbocycles. The molecule has 2 aliphatic heterocycles. The van der Waals surface area contributed by atoms with Gasteiger partial charge >= 0.3 is 0 Å². The summed E-state index contributed by atoms with van der Waals surface area (Å²) in [7, 11) is 2.18. The SMILES string of the molecule is CN1CCN(Cc2cccc(C3(O)CCNC3)c2)CC1. The minimum absolute atomic E-state index is 0.669. The monoisotopic (exact) mass is 275 g/mol. The molecule has 0 bridgehead atoms. The fourth-order valence-electron chi connectivity index (χ4n) is 3.15. The first-order chi connectivity index (χ1) is 9.66. The first-order valence-corrected chi connectivity index (χ1v) is 7.59. The Hall–Kier alpha value is -0.940. The number of rotatable bonds is 3. The van der Waals surface area contributed by atoms with Gasteiger partial charge in [-0.3, -0.25) is 4.90 Å². The summed E-state index contributed by atoms with van der Waals surface area (Å²) in [6.07, 6.45) is 0.810. The average Bonchev–Trinajstić information content (AvgIpc) is 2.90. The molecule has 1 unspecified atom stereocenters. The molecular weight excluding hydrogens is 250 g/mol. The third-order valence-corrected chi connectivity index (χ3v) is 4.60. The number of nitrogens with zero attached hydrogens (tertiary/aromatic N) is 2. The Bertz CT molecular complexity index is 449. The smallest absolute Gasteiger partial charge is 0.103 e. The zero-order valence-corrected chi connectivity index (χ0v) is 12.3. The van der Waals surface area contributed by atoms with Crippen LogP contribution in [0.5, 0.6) is 0 Å². The molecular formula is C16H25N3O. The van der Waals surface area contributed by atoms with Gasteiger partial charge in [0.15, 0.2) is 0 Å². The van der Waals surface area contributed by atoms with E-state index in [1.165, 1.54) is 5.56 Å². The third kappa shape index (κ3) is 3.04. The highest BCUT2D eigenvalue weighted by molar-refractivity contribution is 5.29. The van der Waals surface area contributed by atoms with Gasteiger partial charge in [-0.05, 0) is 31.1 Å². The van der Waals surface area contributed by atoms with Crippen molar-refractivity contribution < 1.29 is 5.11 Å². The lowest BCUT2D eigenvalue weighted by Crippen LogP contribution is -2.43. The van der Waals surface area contributed by atoms with Crippen molar-refractivity contribution in [3.63, 3.8) is 0 Å². The van der Waals surface area contributed by atoms with Crippen LogP contribution in [-0.4, -0.2) is 61.2 Å². The molecule has 0 aromatic heterocycles. The summed E-state index contributed by atoms with van der Waals surface area (Å²) in [4.78, 5) is 4.87. The Labute approximate surface area is 121 Å². The summed E-state index contributed by atoms with van der Waals surface area (Å²) in [6, 6.07) is 8.50. The zero-order chi connectivity index (χ0) is 14.0. The Balaban J connectivity index is 1.68. The fraction of sp³-hybridized carbons (Fsp3) is 0.625. The van der Waals surface area contributed by atoms with Crippen LogP contribution in [0.3, 0.4) is 0 Å². The molecule has 0 radical (unpaired) electrons. The molecule has 2 N–H and O–H groups in total.